The lowest BCUT2D eigenvalue weighted by molar-refractivity contribution is -0.137. The van der Waals surface area contributed by atoms with Crippen molar-refractivity contribution in [3.63, 3.8) is 0 Å². The van der Waals surface area contributed by atoms with Gasteiger partial charge in [-0.25, -0.2) is 17.8 Å². The van der Waals surface area contributed by atoms with Crippen LogP contribution in [0.25, 0.3) is 16.6 Å². The molecule has 10 heteroatoms. The molecule has 0 radical (unpaired) electrons. The number of nitrogens with one attached hydrogen (secondary N) is 1. The van der Waals surface area contributed by atoms with Gasteiger partial charge in [-0.2, -0.15) is 18.3 Å². The monoisotopic (exact) mass is 383 g/mol. The van der Waals surface area contributed by atoms with Crippen LogP contribution in [-0.4, -0.2) is 30.4 Å². The number of hydrogen-bond acceptors (Lipinski definition) is 4. The molecule has 0 aliphatic rings. The van der Waals surface area contributed by atoms with Crippen LogP contribution in [-0.2, 0) is 16.2 Å². The molecule has 0 aliphatic carbocycles. The molecule has 136 valence electrons. The number of para-hydroxylation sites is 1. The summed E-state index contributed by atoms with van der Waals surface area (Å²) in [6.45, 7) is 0. The molecule has 0 aliphatic heterocycles. The summed E-state index contributed by atoms with van der Waals surface area (Å²) in [5, 5.41) is 4.46. The maximum absolute atomic E-state index is 12.7. The summed E-state index contributed by atoms with van der Waals surface area (Å²) in [6.07, 6.45) is -3.63. The highest BCUT2D eigenvalue weighted by Gasteiger charge is 2.30. The Morgan fingerprint density at radius 2 is 1.69 bits per heavy atom. The number of hydrogen-bond donors (Lipinski definition) is 1. The number of fused-ring (bicyclic) bond motifs is 1. The molecule has 26 heavy (non-hydrogen) atoms. The standard InChI is InChI=1S/C16H12F3N3O3S/c1-26(24,25)21-15(23)14-12-4-2-3-5-13(12)22(20-14)11-8-6-10(7-9-11)16(17,18)19/h2-9H,1H3,(H,21,23). The fourth-order valence-corrected chi connectivity index (χ4v) is 2.87. The van der Waals surface area contributed by atoms with Crippen LogP contribution >= 0.6 is 0 Å². The van der Waals surface area contributed by atoms with Crippen LogP contribution in [0.4, 0.5) is 13.2 Å². The number of rotatable bonds is 3. The first kappa shape index (κ1) is 17.9. The first-order chi connectivity index (χ1) is 12.1. The number of carbonyl (C=O) groups is 1. The zero-order valence-corrected chi connectivity index (χ0v) is 14.1. The van der Waals surface area contributed by atoms with Crippen molar-refractivity contribution in [1.29, 1.82) is 0 Å². The zero-order valence-electron chi connectivity index (χ0n) is 13.3. The van der Waals surface area contributed by atoms with Crippen molar-refractivity contribution in [3.8, 4) is 5.69 Å². The average Bonchev–Trinajstić information content (AvgIpc) is 2.92. The second-order valence-electron chi connectivity index (χ2n) is 5.53. The molecule has 0 fully saturated rings. The van der Waals surface area contributed by atoms with Crippen molar-refractivity contribution in [1.82, 2.24) is 14.5 Å². The summed E-state index contributed by atoms with van der Waals surface area (Å²) in [4.78, 5) is 12.2. The smallest absolute Gasteiger partial charge is 0.266 e. The van der Waals surface area contributed by atoms with Crippen LogP contribution in [0, 0.1) is 0 Å². The molecule has 0 unspecified atom stereocenters. The zero-order chi connectivity index (χ0) is 19.1. The Hall–Kier alpha value is -2.88. The topological polar surface area (TPSA) is 81.1 Å². The van der Waals surface area contributed by atoms with Crippen LogP contribution in [0.3, 0.4) is 0 Å². The molecule has 1 amide bonds. The van der Waals surface area contributed by atoms with Crippen molar-refractivity contribution in [2.75, 3.05) is 6.26 Å². The third-order valence-electron chi connectivity index (χ3n) is 3.52. The predicted molar refractivity (Wildman–Crippen MR) is 88.4 cm³/mol. The molecule has 0 saturated carbocycles. The van der Waals surface area contributed by atoms with E-state index in [-0.39, 0.29) is 5.69 Å². The van der Waals surface area contributed by atoms with Crippen molar-refractivity contribution in [2.45, 2.75) is 6.18 Å². The largest absolute Gasteiger partial charge is 0.416 e. The number of benzene rings is 2. The van der Waals surface area contributed by atoms with E-state index in [0.717, 1.165) is 18.4 Å². The van der Waals surface area contributed by atoms with Gasteiger partial charge in [-0.3, -0.25) is 4.79 Å². The highest BCUT2D eigenvalue weighted by Crippen LogP contribution is 2.30. The van der Waals surface area contributed by atoms with Crippen LogP contribution in [0.1, 0.15) is 16.1 Å². The molecule has 0 atom stereocenters. The van der Waals surface area contributed by atoms with E-state index < -0.39 is 27.7 Å². The number of carbonyl (C=O) groups excluding carboxylic acids is 1. The van der Waals surface area contributed by atoms with E-state index >= 15 is 0 Å². The quantitative estimate of drug-likeness (QED) is 0.754. The van der Waals surface area contributed by atoms with Crippen LogP contribution in [0.2, 0.25) is 0 Å². The number of nitrogens with zero attached hydrogens (tertiary/aromatic N) is 2. The lowest BCUT2D eigenvalue weighted by Crippen LogP contribution is -2.29. The average molecular weight is 383 g/mol. The number of sulfonamides is 1. The van der Waals surface area contributed by atoms with Gasteiger partial charge >= 0.3 is 6.18 Å². The maximum atomic E-state index is 12.7. The van der Waals surface area contributed by atoms with Gasteiger partial charge in [-0.1, -0.05) is 18.2 Å². The van der Waals surface area contributed by atoms with Crippen molar-refractivity contribution in [3.05, 3.63) is 59.8 Å². The minimum absolute atomic E-state index is 0.147. The van der Waals surface area contributed by atoms with Gasteiger partial charge < -0.3 is 0 Å². The molecule has 1 aromatic heterocycles. The first-order valence-electron chi connectivity index (χ1n) is 7.24. The SMILES string of the molecule is CS(=O)(=O)NC(=O)c1nn(-c2ccc(C(F)(F)F)cc2)c2ccccc12. The van der Waals surface area contributed by atoms with Gasteiger partial charge in [0, 0.05) is 5.39 Å². The molecule has 3 aromatic rings. The minimum Gasteiger partial charge on any atom is -0.266 e. The van der Waals surface area contributed by atoms with Gasteiger partial charge in [-0.15, -0.1) is 0 Å². The lowest BCUT2D eigenvalue weighted by atomic mass is 10.2. The van der Waals surface area contributed by atoms with Crippen molar-refractivity contribution >= 4 is 26.8 Å². The van der Waals surface area contributed by atoms with Crippen molar-refractivity contribution in [2.24, 2.45) is 0 Å². The normalized spacial score (nSPS) is 12.3. The summed E-state index contributed by atoms with van der Waals surface area (Å²) < 4.78 is 63.8. The highest BCUT2D eigenvalue weighted by atomic mass is 32.2. The molecule has 3 rings (SSSR count). The van der Waals surface area contributed by atoms with E-state index in [1.54, 1.807) is 24.3 Å². The molecular formula is C16H12F3N3O3S. The highest BCUT2D eigenvalue weighted by molar-refractivity contribution is 7.89. The fourth-order valence-electron chi connectivity index (χ4n) is 2.44. The molecule has 0 bridgehead atoms. The van der Waals surface area contributed by atoms with E-state index in [0.29, 0.717) is 16.6 Å². The number of aromatic nitrogens is 2. The summed E-state index contributed by atoms with van der Waals surface area (Å²) in [5.41, 5.74) is -0.211. The molecule has 0 saturated heterocycles. The predicted octanol–water partition coefficient (Wildman–Crippen LogP) is 2.73. The Balaban J connectivity index is 2.11. The van der Waals surface area contributed by atoms with Gasteiger partial charge in [0.1, 0.15) is 0 Å². The van der Waals surface area contributed by atoms with E-state index in [2.05, 4.69) is 5.10 Å². The first-order valence-corrected chi connectivity index (χ1v) is 9.13. The van der Waals surface area contributed by atoms with E-state index in [4.69, 9.17) is 0 Å². The van der Waals surface area contributed by atoms with Gasteiger partial charge in [0.25, 0.3) is 5.91 Å². The van der Waals surface area contributed by atoms with E-state index in [9.17, 15) is 26.4 Å². The fraction of sp³-hybridized carbons (Fsp3) is 0.125. The van der Waals surface area contributed by atoms with Gasteiger partial charge in [0.05, 0.1) is 23.0 Å². The van der Waals surface area contributed by atoms with Gasteiger partial charge in [-0.05, 0) is 30.3 Å². The third kappa shape index (κ3) is 3.54. The van der Waals surface area contributed by atoms with Crippen molar-refractivity contribution < 1.29 is 26.4 Å². The van der Waals surface area contributed by atoms with E-state index in [1.165, 1.54) is 16.8 Å². The number of halogens is 3. The lowest BCUT2D eigenvalue weighted by Gasteiger charge is -2.08. The molecule has 6 nitrogen and oxygen atoms in total. The molecule has 2 aromatic carbocycles. The summed E-state index contributed by atoms with van der Waals surface area (Å²) in [6, 6.07) is 10.8. The Morgan fingerprint density at radius 1 is 1.08 bits per heavy atom. The van der Waals surface area contributed by atoms with Crippen LogP contribution in [0.5, 0.6) is 0 Å². The number of alkyl halides is 3. The van der Waals surface area contributed by atoms with E-state index in [1.807, 2.05) is 4.72 Å². The maximum Gasteiger partial charge on any atom is 0.416 e. The Bertz CT molecular complexity index is 1090. The summed E-state index contributed by atoms with van der Waals surface area (Å²) in [5.74, 6) is -0.922. The van der Waals surface area contributed by atoms with Gasteiger partial charge in [0.15, 0.2) is 5.69 Å². The Labute approximate surface area is 146 Å². The Morgan fingerprint density at radius 3 is 2.27 bits per heavy atom. The summed E-state index contributed by atoms with van der Waals surface area (Å²) in [7, 11) is -3.79. The van der Waals surface area contributed by atoms with Crippen LogP contribution < -0.4 is 4.72 Å². The second-order valence-corrected chi connectivity index (χ2v) is 7.27. The van der Waals surface area contributed by atoms with Crippen LogP contribution in [0.15, 0.2) is 48.5 Å². The molecular weight excluding hydrogens is 371 g/mol. The molecule has 1 heterocycles. The minimum atomic E-state index is -4.47. The molecule has 1 N–H and O–H groups in total. The number of amides is 1. The second kappa shape index (κ2) is 6.13. The third-order valence-corrected chi connectivity index (χ3v) is 4.08. The molecule has 0 spiro atoms. The van der Waals surface area contributed by atoms with Gasteiger partial charge in [0.2, 0.25) is 10.0 Å². The Kier molecular flexibility index (Phi) is 4.23. The summed E-state index contributed by atoms with van der Waals surface area (Å²) >= 11 is 0.